The summed E-state index contributed by atoms with van der Waals surface area (Å²) in [4.78, 5) is 14.6. The molecule has 104 valence electrons. The Bertz CT molecular complexity index is 296. The minimum atomic E-state index is -0.384. The molecule has 3 heteroatoms. The summed E-state index contributed by atoms with van der Waals surface area (Å²) in [6.07, 6.45) is 7.24. The van der Waals surface area contributed by atoms with Gasteiger partial charge < -0.3 is 4.74 Å². The number of likely N-dealkylation sites (tertiary alicyclic amines) is 1. The minimum Gasteiger partial charge on any atom is -0.457 e. The monoisotopic (exact) mass is 253 g/mol. The Kier molecular flexibility index (Phi) is 4.00. The maximum absolute atomic E-state index is 12.1. The van der Waals surface area contributed by atoms with E-state index in [2.05, 4.69) is 4.90 Å². The van der Waals surface area contributed by atoms with Gasteiger partial charge in [0, 0.05) is 6.54 Å². The smallest absolute Gasteiger partial charge is 0.311 e. The standard InChI is InChI=1S/C15H27NO2/c1-14(2,3)13(17)18-15(8-7-9-15)12-16-10-5-4-6-11-16/h4-12H2,1-3H3. The first-order valence-corrected chi connectivity index (χ1v) is 7.37. The van der Waals surface area contributed by atoms with E-state index in [1.807, 2.05) is 20.8 Å². The number of nitrogens with zero attached hydrogens (tertiary/aromatic N) is 1. The van der Waals surface area contributed by atoms with Crippen LogP contribution >= 0.6 is 0 Å². The van der Waals surface area contributed by atoms with Gasteiger partial charge in [0.25, 0.3) is 0 Å². The van der Waals surface area contributed by atoms with Crippen LogP contribution in [0.4, 0.5) is 0 Å². The molecule has 2 fully saturated rings. The molecule has 0 radical (unpaired) electrons. The normalized spacial score (nSPS) is 24.4. The summed E-state index contributed by atoms with van der Waals surface area (Å²) < 4.78 is 5.86. The van der Waals surface area contributed by atoms with E-state index < -0.39 is 0 Å². The highest BCUT2D eigenvalue weighted by atomic mass is 16.6. The van der Waals surface area contributed by atoms with Gasteiger partial charge in [-0.3, -0.25) is 9.69 Å². The molecule has 0 bridgehead atoms. The van der Waals surface area contributed by atoms with Crippen molar-refractivity contribution in [3.05, 3.63) is 0 Å². The minimum absolute atomic E-state index is 0.0424. The van der Waals surface area contributed by atoms with E-state index in [0.29, 0.717) is 0 Å². The second-order valence-electron chi connectivity index (χ2n) is 7.01. The molecule has 0 aromatic rings. The van der Waals surface area contributed by atoms with Crippen LogP contribution in [0.1, 0.15) is 59.3 Å². The van der Waals surface area contributed by atoms with Crippen LogP contribution in [0.3, 0.4) is 0 Å². The van der Waals surface area contributed by atoms with Gasteiger partial charge in [-0.1, -0.05) is 6.42 Å². The Balaban J connectivity index is 1.91. The SMILES string of the molecule is CC(C)(C)C(=O)OC1(CN2CCCCC2)CCC1. The van der Waals surface area contributed by atoms with Crippen LogP contribution in [0.25, 0.3) is 0 Å². The van der Waals surface area contributed by atoms with Crippen molar-refractivity contribution >= 4 is 5.97 Å². The highest BCUT2D eigenvalue weighted by Crippen LogP contribution is 2.38. The largest absolute Gasteiger partial charge is 0.457 e. The second-order valence-corrected chi connectivity index (χ2v) is 7.01. The van der Waals surface area contributed by atoms with Crippen molar-refractivity contribution in [3.8, 4) is 0 Å². The summed E-state index contributed by atoms with van der Waals surface area (Å²) in [7, 11) is 0. The molecular formula is C15H27NO2. The van der Waals surface area contributed by atoms with Crippen molar-refractivity contribution in [2.24, 2.45) is 5.41 Å². The Labute approximate surface area is 111 Å². The van der Waals surface area contributed by atoms with Crippen LogP contribution < -0.4 is 0 Å². The lowest BCUT2D eigenvalue weighted by molar-refractivity contribution is -0.182. The topological polar surface area (TPSA) is 29.5 Å². The number of piperidine rings is 1. The molecule has 0 aromatic heterocycles. The molecule has 1 aliphatic heterocycles. The van der Waals surface area contributed by atoms with E-state index in [1.54, 1.807) is 0 Å². The van der Waals surface area contributed by atoms with Gasteiger partial charge in [-0.2, -0.15) is 0 Å². The third kappa shape index (κ3) is 3.25. The molecule has 0 atom stereocenters. The predicted octanol–water partition coefficient (Wildman–Crippen LogP) is 2.98. The average Bonchev–Trinajstić information content (AvgIpc) is 2.26. The molecule has 2 aliphatic rings. The molecular weight excluding hydrogens is 226 g/mol. The van der Waals surface area contributed by atoms with Gasteiger partial charge in [0.1, 0.15) is 5.60 Å². The van der Waals surface area contributed by atoms with Gasteiger partial charge in [0.2, 0.25) is 0 Å². The van der Waals surface area contributed by atoms with E-state index in [4.69, 9.17) is 4.74 Å². The van der Waals surface area contributed by atoms with Crippen LogP contribution in [0.5, 0.6) is 0 Å². The predicted molar refractivity (Wildman–Crippen MR) is 72.4 cm³/mol. The van der Waals surface area contributed by atoms with Crippen LogP contribution in [-0.4, -0.2) is 36.1 Å². The molecule has 1 saturated heterocycles. The fraction of sp³-hybridized carbons (Fsp3) is 0.933. The highest BCUT2D eigenvalue weighted by molar-refractivity contribution is 5.76. The first-order chi connectivity index (χ1) is 8.41. The van der Waals surface area contributed by atoms with Gasteiger partial charge in [-0.15, -0.1) is 0 Å². The van der Waals surface area contributed by atoms with Crippen molar-refractivity contribution in [1.29, 1.82) is 0 Å². The molecule has 1 aliphatic carbocycles. The Hall–Kier alpha value is -0.570. The second kappa shape index (κ2) is 5.20. The zero-order chi connectivity index (χ0) is 13.2. The van der Waals surface area contributed by atoms with Gasteiger partial charge in [0.15, 0.2) is 0 Å². The summed E-state index contributed by atoms with van der Waals surface area (Å²) in [5.41, 5.74) is -0.549. The molecule has 0 aromatic carbocycles. The fourth-order valence-electron chi connectivity index (χ4n) is 2.74. The van der Waals surface area contributed by atoms with Gasteiger partial charge >= 0.3 is 5.97 Å². The summed E-state index contributed by atoms with van der Waals surface area (Å²) in [5, 5.41) is 0. The molecule has 1 heterocycles. The zero-order valence-electron chi connectivity index (χ0n) is 12.1. The number of carbonyl (C=O) groups excluding carboxylic acids is 1. The fourth-order valence-corrected chi connectivity index (χ4v) is 2.74. The molecule has 0 N–H and O–H groups in total. The third-order valence-electron chi connectivity index (χ3n) is 4.15. The Morgan fingerprint density at radius 1 is 1.11 bits per heavy atom. The average molecular weight is 253 g/mol. The third-order valence-corrected chi connectivity index (χ3v) is 4.15. The van der Waals surface area contributed by atoms with Gasteiger partial charge in [-0.05, 0) is 66.0 Å². The summed E-state index contributed by atoms with van der Waals surface area (Å²) in [6.45, 7) is 9.10. The highest BCUT2D eigenvalue weighted by Gasteiger charge is 2.44. The van der Waals surface area contributed by atoms with Crippen molar-refractivity contribution in [2.75, 3.05) is 19.6 Å². The maximum Gasteiger partial charge on any atom is 0.311 e. The Morgan fingerprint density at radius 2 is 1.72 bits per heavy atom. The number of esters is 1. The quantitative estimate of drug-likeness (QED) is 0.724. The van der Waals surface area contributed by atoms with Crippen LogP contribution in [0, 0.1) is 5.41 Å². The lowest BCUT2D eigenvalue weighted by Gasteiger charge is -2.46. The number of rotatable bonds is 3. The van der Waals surface area contributed by atoms with E-state index in [1.165, 1.54) is 38.8 Å². The van der Waals surface area contributed by atoms with Crippen LogP contribution in [-0.2, 0) is 9.53 Å². The van der Waals surface area contributed by atoms with E-state index in [9.17, 15) is 4.79 Å². The van der Waals surface area contributed by atoms with Crippen molar-refractivity contribution in [2.45, 2.75) is 64.9 Å². The summed E-state index contributed by atoms with van der Waals surface area (Å²) in [5.74, 6) is -0.0424. The van der Waals surface area contributed by atoms with E-state index >= 15 is 0 Å². The number of ether oxygens (including phenoxy) is 1. The number of hydrogen-bond acceptors (Lipinski definition) is 3. The Morgan fingerprint density at radius 3 is 2.17 bits per heavy atom. The molecule has 1 saturated carbocycles. The molecule has 18 heavy (non-hydrogen) atoms. The molecule has 0 amide bonds. The van der Waals surface area contributed by atoms with Crippen LogP contribution in [0.2, 0.25) is 0 Å². The maximum atomic E-state index is 12.1. The van der Waals surface area contributed by atoms with Crippen molar-refractivity contribution in [1.82, 2.24) is 4.90 Å². The van der Waals surface area contributed by atoms with Gasteiger partial charge in [-0.25, -0.2) is 0 Å². The number of carbonyl (C=O) groups is 1. The van der Waals surface area contributed by atoms with Crippen molar-refractivity contribution < 1.29 is 9.53 Å². The first-order valence-electron chi connectivity index (χ1n) is 7.37. The van der Waals surface area contributed by atoms with Crippen molar-refractivity contribution in [3.63, 3.8) is 0 Å². The summed E-state index contributed by atoms with van der Waals surface area (Å²) >= 11 is 0. The molecule has 3 nitrogen and oxygen atoms in total. The lowest BCUT2D eigenvalue weighted by Crippen LogP contribution is -2.53. The first kappa shape index (κ1) is 13.9. The summed E-state index contributed by atoms with van der Waals surface area (Å²) in [6, 6.07) is 0. The molecule has 0 unspecified atom stereocenters. The van der Waals surface area contributed by atoms with Crippen LogP contribution in [0.15, 0.2) is 0 Å². The molecule has 2 rings (SSSR count). The zero-order valence-corrected chi connectivity index (χ0v) is 12.1. The lowest BCUT2D eigenvalue weighted by atomic mass is 9.78. The van der Waals surface area contributed by atoms with Gasteiger partial charge in [0.05, 0.1) is 5.41 Å². The van der Waals surface area contributed by atoms with E-state index in [-0.39, 0.29) is 17.0 Å². The number of hydrogen-bond donors (Lipinski definition) is 0. The molecule has 0 spiro atoms. The van der Waals surface area contributed by atoms with E-state index in [0.717, 1.165) is 19.4 Å².